The number of imide groups is 1. The molecule has 9 heteroatoms. The summed E-state index contributed by atoms with van der Waals surface area (Å²) in [6.07, 6.45) is 0. The summed E-state index contributed by atoms with van der Waals surface area (Å²) in [5.41, 5.74) is 5.42. The third-order valence-electron chi connectivity index (χ3n) is 2.72. The minimum Gasteiger partial charge on any atom is -0.493 e. The Labute approximate surface area is 124 Å². The molecule has 1 fully saturated rings. The van der Waals surface area contributed by atoms with Gasteiger partial charge in [-0.05, 0) is 17.7 Å². The first-order valence-electron chi connectivity index (χ1n) is 5.82. The zero-order valence-corrected chi connectivity index (χ0v) is 11.7. The van der Waals surface area contributed by atoms with Crippen LogP contribution < -0.4 is 25.8 Å². The van der Waals surface area contributed by atoms with Crippen LogP contribution in [0.5, 0.6) is 11.5 Å². The number of amides is 4. The van der Waals surface area contributed by atoms with Crippen LogP contribution in [-0.4, -0.2) is 31.6 Å². The molecule has 8 nitrogen and oxygen atoms in total. The van der Waals surface area contributed by atoms with Crippen molar-refractivity contribution in [2.45, 2.75) is 6.04 Å². The van der Waals surface area contributed by atoms with E-state index in [4.69, 9.17) is 26.8 Å². The summed E-state index contributed by atoms with van der Waals surface area (Å²) >= 11 is 6.06. The molecule has 0 saturated carbocycles. The smallest absolute Gasteiger partial charge is 0.322 e. The number of carbonyl (C=O) groups is 3. The molecule has 0 aliphatic carbocycles. The van der Waals surface area contributed by atoms with E-state index in [1.54, 1.807) is 0 Å². The van der Waals surface area contributed by atoms with E-state index in [0.29, 0.717) is 5.56 Å². The van der Waals surface area contributed by atoms with Crippen LogP contribution >= 0.6 is 11.6 Å². The SMILES string of the molecule is COc1cc(C2NC(=O)NC2=O)cc(Cl)c1OCC(N)=O. The molecule has 1 saturated heterocycles. The molecular formula is C12H12ClN3O5. The number of halogens is 1. The predicted molar refractivity (Wildman–Crippen MR) is 72.1 cm³/mol. The lowest BCUT2D eigenvalue weighted by Crippen LogP contribution is -2.22. The average molecular weight is 314 g/mol. The second-order valence-corrected chi connectivity index (χ2v) is 4.59. The fourth-order valence-corrected chi connectivity index (χ4v) is 2.11. The van der Waals surface area contributed by atoms with Gasteiger partial charge in [-0.1, -0.05) is 11.6 Å². The van der Waals surface area contributed by atoms with Gasteiger partial charge in [-0.2, -0.15) is 0 Å². The molecule has 0 aromatic heterocycles. The van der Waals surface area contributed by atoms with Gasteiger partial charge < -0.3 is 20.5 Å². The van der Waals surface area contributed by atoms with Gasteiger partial charge in [0.15, 0.2) is 18.1 Å². The van der Waals surface area contributed by atoms with Crippen molar-refractivity contribution in [1.82, 2.24) is 10.6 Å². The van der Waals surface area contributed by atoms with Crippen molar-refractivity contribution in [3.8, 4) is 11.5 Å². The van der Waals surface area contributed by atoms with Gasteiger partial charge in [0, 0.05) is 0 Å². The van der Waals surface area contributed by atoms with Crippen LogP contribution in [0.4, 0.5) is 4.79 Å². The number of urea groups is 1. The maximum atomic E-state index is 11.6. The van der Waals surface area contributed by atoms with Gasteiger partial charge in [0.25, 0.3) is 11.8 Å². The maximum Gasteiger partial charge on any atom is 0.322 e. The van der Waals surface area contributed by atoms with Crippen molar-refractivity contribution in [2.75, 3.05) is 13.7 Å². The van der Waals surface area contributed by atoms with Crippen LogP contribution in [0, 0.1) is 0 Å². The van der Waals surface area contributed by atoms with Crippen LogP contribution in [0.25, 0.3) is 0 Å². The van der Waals surface area contributed by atoms with Crippen LogP contribution in [-0.2, 0) is 9.59 Å². The van der Waals surface area contributed by atoms with Gasteiger partial charge in [0.05, 0.1) is 12.1 Å². The summed E-state index contributed by atoms with van der Waals surface area (Å²) in [5, 5.41) is 4.68. The second-order valence-electron chi connectivity index (χ2n) is 4.18. The molecule has 0 radical (unpaired) electrons. The molecule has 1 atom stereocenters. The zero-order valence-electron chi connectivity index (χ0n) is 10.9. The number of rotatable bonds is 5. The number of ether oxygens (including phenoxy) is 2. The molecule has 2 rings (SSSR count). The van der Waals surface area contributed by atoms with Crippen molar-refractivity contribution >= 4 is 29.4 Å². The van der Waals surface area contributed by atoms with Crippen LogP contribution in [0.15, 0.2) is 12.1 Å². The molecule has 1 aliphatic heterocycles. The highest BCUT2D eigenvalue weighted by atomic mass is 35.5. The first-order chi connectivity index (χ1) is 9.92. The Hall–Kier alpha value is -2.48. The minimum absolute atomic E-state index is 0.125. The summed E-state index contributed by atoms with van der Waals surface area (Å²) in [4.78, 5) is 33.5. The Bertz CT molecular complexity index is 619. The normalized spacial score (nSPS) is 17.1. The molecule has 4 amide bonds. The molecule has 4 N–H and O–H groups in total. The van der Waals surface area contributed by atoms with Crippen LogP contribution in [0.1, 0.15) is 11.6 Å². The van der Waals surface area contributed by atoms with E-state index >= 15 is 0 Å². The minimum atomic E-state index is -0.867. The lowest BCUT2D eigenvalue weighted by molar-refractivity contribution is -0.120. The third kappa shape index (κ3) is 3.16. The van der Waals surface area contributed by atoms with Crippen molar-refractivity contribution in [2.24, 2.45) is 5.73 Å². The van der Waals surface area contributed by atoms with Crippen molar-refractivity contribution in [3.05, 3.63) is 22.7 Å². The lowest BCUT2D eigenvalue weighted by Gasteiger charge is -2.15. The van der Waals surface area contributed by atoms with Crippen LogP contribution in [0.2, 0.25) is 5.02 Å². The molecule has 112 valence electrons. The maximum absolute atomic E-state index is 11.6. The standard InChI is InChI=1S/C12H12ClN3O5/c1-20-7-3-5(9-11(18)16-12(19)15-9)2-6(13)10(7)21-4-8(14)17/h2-3,9H,4H2,1H3,(H2,14,17)(H2,15,16,18,19). The van der Waals surface area contributed by atoms with E-state index in [-0.39, 0.29) is 23.1 Å². The lowest BCUT2D eigenvalue weighted by atomic mass is 10.1. The number of benzene rings is 1. The molecule has 0 bridgehead atoms. The second kappa shape index (κ2) is 5.88. The molecule has 1 unspecified atom stereocenters. The Morgan fingerprint density at radius 3 is 2.67 bits per heavy atom. The third-order valence-corrected chi connectivity index (χ3v) is 3.00. The van der Waals surface area contributed by atoms with Crippen molar-refractivity contribution in [3.63, 3.8) is 0 Å². The number of carbonyl (C=O) groups excluding carboxylic acids is 3. The highest BCUT2D eigenvalue weighted by Crippen LogP contribution is 2.38. The van der Waals surface area contributed by atoms with Gasteiger partial charge in [-0.15, -0.1) is 0 Å². The monoisotopic (exact) mass is 313 g/mol. The van der Waals surface area contributed by atoms with E-state index in [2.05, 4.69) is 10.6 Å². The van der Waals surface area contributed by atoms with E-state index in [1.807, 2.05) is 0 Å². The summed E-state index contributed by atoms with van der Waals surface area (Å²) in [6, 6.07) is 1.47. The Morgan fingerprint density at radius 1 is 1.43 bits per heavy atom. The summed E-state index contributed by atoms with van der Waals surface area (Å²) in [6.45, 7) is -0.365. The number of primary amides is 1. The molecule has 1 aromatic carbocycles. The fraction of sp³-hybridized carbons (Fsp3) is 0.250. The predicted octanol–water partition coefficient (Wildman–Crippen LogP) is 0.0932. The summed E-state index contributed by atoms with van der Waals surface area (Å²) in [5.74, 6) is -0.817. The van der Waals surface area contributed by atoms with E-state index in [0.717, 1.165) is 0 Å². The average Bonchev–Trinajstić information content (AvgIpc) is 2.75. The van der Waals surface area contributed by atoms with Gasteiger partial charge in [0.2, 0.25) is 0 Å². The van der Waals surface area contributed by atoms with Gasteiger partial charge in [-0.25, -0.2) is 4.79 Å². The summed E-state index contributed by atoms with van der Waals surface area (Å²) < 4.78 is 10.3. The number of hydrogen-bond donors (Lipinski definition) is 3. The Balaban J connectivity index is 2.34. The van der Waals surface area contributed by atoms with Crippen molar-refractivity contribution in [1.29, 1.82) is 0 Å². The first kappa shape index (κ1) is 14.9. The van der Waals surface area contributed by atoms with E-state index in [9.17, 15) is 14.4 Å². The highest BCUT2D eigenvalue weighted by molar-refractivity contribution is 6.32. The molecular weight excluding hydrogens is 302 g/mol. The molecule has 1 aliphatic rings. The first-order valence-corrected chi connectivity index (χ1v) is 6.20. The fourth-order valence-electron chi connectivity index (χ4n) is 1.84. The Morgan fingerprint density at radius 2 is 2.14 bits per heavy atom. The number of hydrogen-bond acceptors (Lipinski definition) is 5. The largest absolute Gasteiger partial charge is 0.493 e. The quantitative estimate of drug-likeness (QED) is 0.666. The van der Waals surface area contributed by atoms with E-state index in [1.165, 1.54) is 19.2 Å². The van der Waals surface area contributed by atoms with Gasteiger partial charge in [-0.3, -0.25) is 14.9 Å². The van der Waals surface area contributed by atoms with Gasteiger partial charge >= 0.3 is 6.03 Å². The highest BCUT2D eigenvalue weighted by Gasteiger charge is 2.32. The molecule has 1 heterocycles. The molecule has 0 spiro atoms. The number of methoxy groups -OCH3 is 1. The zero-order chi connectivity index (χ0) is 15.6. The summed E-state index contributed by atoms with van der Waals surface area (Å²) in [7, 11) is 1.37. The number of nitrogens with two attached hydrogens (primary N) is 1. The van der Waals surface area contributed by atoms with Crippen LogP contribution in [0.3, 0.4) is 0 Å². The Kier molecular flexibility index (Phi) is 4.18. The van der Waals surface area contributed by atoms with Crippen molar-refractivity contribution < 1.29 is 23.9 Å². The van der Waals surface area contributed by atoms with E-state index < -0.39 is 23.9 Å². The topological polar surface area (TPSA) is 120 Å². The molecule has 1 aromatic rings. The number of nitrogens with one attached hydrogen (secondary N) is 2. The van der Waals surface area contributed by atoms with Gasteiger partial charge in [0.1, 0.15) is 6.04 Å². The molecule has 21 heavy (non-hydrogen) atoms.